The number of aryl methyl sites for hydroxylation is 1. The topological polar surface area (TPSA) is 122 Å². The summed E-state index contributed by atoms with van der Waals surface area (Å²) in [6, 6.07) is 17.2. The SMILES string of the molecule is CCc1ccc(C(=O)N2CCN(c3ccc(N/N=C(\C#N)C(=N)N)cc3)CC2)cc1. The Kier molecular flexibility index (Phi) is 6.65. The number of nitrogens with two attached hydrogens (primary N) is 1. The molecule has 0 radical (unpaired) electrons. The molecule has 1 heterocycles. The van der Waals surface area contributed by atoms with Gasteiger partial charge in [0.05, 0.1) is 5.69 Å². The normalized spacial score (nSPS) is 14.2. The number of rotatable bonds is 6. The largest absolute Gasteiger partial charge is 0.382 e. The number of nitrogens with zero attached hydrogens (tertiary/aromatic N) is 4. The Morgan fingerprint density at radius 2 is 1.77 bits per heavy atom. The fourth-order valence-corrected chi connectivity index (χ4v) is 3.25. The van der Waals surface area contributed by atoms with Crippen molar-refractivity contribution in [2.45, 2.75) is 13.3 Å². The van der Waals surface area contributed by atoms with Gasteiger partial charge in [0.2, 0.25) is 5.71 Å². The monoisotopic (exact) mass is 403 g/mol. The van der Waals surface area contributed by atoms with E-state index in [9.17, 15) is 4.79 Å². The first kappa shape index (κ1) is 20.9. The van der Waals surface area contributed by atoms with Gasteiger partial charge in [0.15, 0.2) is 5.84 Å². The molecule has 2 aromatic rings. The minimum absolute atomic E-state index is 0.0773. The minimum Gasteiger partial charge on any atom is -0.382 e. The van der Waals surface area contributed by atoms with E-state index in [1.54, 1.807) is 6.07 Å². The molecule has 1 aliphatic rings. The summed E-state index contributed by atoms with van der Waals surface area (Å²) in [6.07, 6.45) is 0.962. The molecule has 30 heavy (non-hydrogen) atoms. The highest BCUT2D eigenvalue weighted by Gasteiger charge is 2.22. The quantitative estimate of drug-likeness (QED) is 0.388. The second kappa shape index (κ2) is 9.56. The molecule has 0 atom stereocenters. The van der Waals surface area contributed by atoms with Gasteiger partial charge >= 0.3 is 0 Å². The maximum atomic E-state index is 12.7. The number of nitrogens with one attached hydrogen (secondary N) is 2. The summed E-state index contributed by atoms with van der Waals surface area (Å²) in [5.41, 5.74) is 11.5. The smallest absolute Gasteiger partial charge is 0.253 e. The first-order valence-electron chi connectivity index (χ1n) is 9.83. The Balaban J connectivity index is 1.56. The van der Waals surface area contributed by atoms with Crippen LogP contribution in [0.1, 0.15) is 22.8 Å². The zero-order chi connectivity index (χ0) is 21.5. The summed E-state index contributed by atoms with van der Waals surface area (Å²) < 4.78 is 0. The van der Waals surface area contributed by atoms with E-state index < -0.39 is 0 Å². The standard InChI is InChI=1S/C22H25N7O/c1-2-16-3-5-17(6-4-16)22(30)29-13-11-28(12-14-29)19-9-7-18(8-10-19)26-27-20(15-23)21(24)25/h3-10,26H,2,11-14H2,1H3,(H3,24,25)/b27-20+. The summed E-state index contributed by atoms with van der Waals surface area (Å²) in [4.78, 5) is 16.9. The van der Waals surface area contributed by atoms with Gasteiger partial charge in [-0.1, -0.05) is 19.1 Å². The predicted molar refractivity (Wildman–Crippen MR) is 119 cm³/mol. The van der Waals surface area contributed by atoms with Gasteiger partial charge in [-0.2, -0.15) is 10.4 Å². The molecule has 0 aliphatic carbocycles. The van der Waals surface area contributed by atoms with E-state index in [1.165, 1.54) is 5.56 Å². The van der Waals surface area contributed by atoms with E-state index in [2.05, 4.69) is 22.4 Å². The molecule has 8 heteroatoms. The third kappa shape index (κ3) is 4.94. The van der Waals surface area contributed by atoms with Crippen LogP contribution >= 0.6 is 0 Å². The highest BCUT2D eigenvalue weighted by atomic mass is 16.2. The Morgan fingerprint density at radius 3 is 2.30 bits per heavy atom. The van der Waals surface area contributed by atoms with Gasteiger partial charge in [-0.15, -0.1) is 0 Å². The molecule has 1 fully saturated rings. The lowest BCUT2D eigenvalue weighted by Gasteiger charge is -2.36. The molecule has 0 aromatic heterocycles. The second-order valence-electron chi connectivity index (χ2n) is 6.97. The van der Waals surface area contributed by atoms with Crippen LogP contribution in [-0.4, -0.2) is 48.5 Å². The number of piperazine rings is 1. The van der Waals surface area contributed by atoms with Crippen LogP contribution in [0.25, 0.3) is 0 Å². The molecular weight excluding hydrogens is 378 g/mol. The Bertz CT molecular complexity index is 966. The highest BCUT2D eigenvalue weighted by Crippen LogP contribution is 2.20. The maximum Gasteiger partial charge on any atom is 0.253 e. The van der Waals surface area contributed by atoms with E-state index in [0.717, 1.165) is 30.8 Å². The van der Waals surface area contributed by atoms with Crippen molar-refractivity contribution in [3.63, 3.8) is 0 Å². The lowest BCUT2D eigenvalue weighted by molar-refractivity contribution is 0.0747. The number of hydrogen-bond donors (Lipinski definition) is 3. The molecule has 0 bridgehead atoms. The number of amidine groups is 1. The number of carbonyl (C=O) groups is 1. The highest BCUT2D eigenvalue weighted by molar-refractivity contribution is 6.45. The number of nitriles is 1. The fraction of sp³-hybridized carbons (Fsp3) is 0.273. The first-order chi connectivity index (χ1) is 14.5. The van der Waals surface area contributed by atoms with Crippen LogP contribution in [-0.2, 0) is 6.42 Å². The van der Waals surface area contributed by atoms with E-state index in [-0.39, 0.29) is 17.5 Å². The molecule has 4 N–H and O–H groups in total. The van der Waals surface area contributed by atoms with Gasteiger partial charge in [-0.3, -0.25) is 15.6 Å². The Hall–Kier alpha value is -3.86. The first-order valence-corrected chi connectivity index (χ1v) is 9.83. The molecule has 154 valence electrons. The van der Waals surface area contributed by atoms with Gasteiger partial charge in [-0.05, 0) is 48.4 Å². The fourth-order valence-electron chi connectivity index (χ4n) is 3.25. The van der Waals surface area contributed by atoms with Crippen molar-refractivity contribution in [3.05, 3.63) is 59.7 Å². The van der Waals surface area contributed by atoms with E-state index >= 15 is 0 Å². The Labute approximate surface area is 176 Å². The molecule has 0 spiro atoms. The zero-order valence-corrected chi connectivity index (χ0v) is 16.9. The second-order valence-corrected chi connectivity index (χ2v) is 6.97. The van der Waals surface area contributed by atoms with Gasteiger partial charge in [0.25, 0.3) is 5.91 Å². The van der Waals surface area contributed by atoms with E-state index in [1.807, 2.05) is 53.4 Å². The van der Waals surface area contributed by atoms with Crippen molar-refractivity contribution >= 4 is 28.8 Å². The summed E-state index contributed by atoms with van der Waals surface area (Å²) in [5, 5.41) is 19.9. The molecule has 3 rings (SSSR count). The lowest BCUT2D eigenvalue weighted by atomic mass is 10.1. The van der Waals surface area contributed by atoms with Crippen molar-refractivity contribution in [2.24, 2.45) is 10.8 Å². The van der Waals surface area contributed by atoms with E-state index in [0.29, 0.717) is 18.8 Å². The number of hydrogen-bond acceptors (Lipinski definition) is 6. The van der Waals surface area contributed by atoms with Crippen LogP contribution in [0.4, 0.5) is 11.4 Å². The van der Waals surface area contributed by atoms with Crippen molar-refractivity contribution in [3.8, 4) is 6.07 Å². The number of anilines is 2. The number of hydrazone groups is 1. The van der Waals surface area contributed by atoms with Gasteiger partial charge < -0.3 is 15.5 Å². The van der Waals surface area contributed by atoms with Crippen molar-refractivity contribution in [2.75, 3.05) is 36.5 Å². The molecule has 2 aromatic carbocycles. The number of carbonyl (C=O) groups excluding carboxylic acids is 1. The van der Waals surface area contributed by atoms with Gasteiger partial charge in [0.1, 0.15) is 6.07 Å². The molecule has 0 unspecified atom stereocenters. The van der Waals surface area contributed by atoms with Gasteiger partial charge in [-0.25, -0.2) is 0 Å². The molecule has 1 saturated heterocycles. The van der Waals surface area contributed by atoms with Crippen LogP contribution in [0.15, 0.2) is 53.6 Å². The summed E-state index contributed by atoms with van der Waals surface area (Å²) in [6.45, 7) is 4.95. The van der Waals surface area contributed by atoms with Crippen molar-refractivity contribution in [1.82, 2.24) is 4.90 Å². The molecule has 1 aliphatic heterocycles. The third-order valence-electron chi connectivity index (χ3n) is 5.07. The van der Waals surface area contributed by atoms with Gasteiger partial charge in [0, 0.05) is 37.4 Å². The third-order valence-corrected chi connectivity index (χ3v) is 5.07. The molecular formula is C22H25N7O. The number of benzene rings is 2. The maximum absolute atomic E-state index is 12.7. The van der Waals surface area contributed by atoms with Crippen LogP contribution in [0.2, 0.25) is 0 Å². The van der Waals surface area contributed by atoms with Crippen LogP contribution < -0.4 is 16.1 Å². The van der Waals surface area contributed by atoms with Crippen LogP contribution in [0.3, 0.4) is 0 Å². The van der Waals surface area contributed by atoms with Crippen molar-refractivity contribution in [1.29, 1.82) is 10.7 Å². The Morgan fingerprint density at radius 1 is 1.13 bits per heavy atom. The average Bonchev–Trinajstić information content (AvgIpc) is 2.79. The predicted octanol–water partition coefficient (Wildman–Crippen LogP) is 2.44. The van der Waals surface area contributed by atoms with Crippen LogP contribution in [0, 0.1) is 16.7 Å². The summed E-state index contributed by atoms with van der Waals surface area (Å²) in [5.74, 6) is -0.302. The molecule has 8 nitrogen and oxygen atoms in total. The average molecular weight is 403 g/mol. The summed E-state index contributed by atoms with van der Waals surface area (Å²) in [7, 11) is 0. The van der Waals surface area contributed by atoms with Crippen molar-refractivity contribution < 1.29 is 4.79 Å². The van der Waals surface area contributed by atoms with Crippen LogP contribution in [0.5, 0.6) is 0 Å². The summed E-state index contributed by atoms with van der Waals surface area (Å²) >= 11 is 0. The lowest BCUT2D eigenvalue weighted by Crippen LogP contribution is -2.48. The molecule has 1 amide bonds. The molecule has 0 saturated carbocycles. The minimum atomic E-state index is -0.379. The van der Waals surface area contributed by atoms with E-state index in [4.69, 9.17) is 16.4 Å². The zero-order valence-electron chi connectivity index (χ0n) is 16.9. The number of amides is 1.